The first-order chi connectivity index (χ1) is 16.3. The second kappa shape index (κ2) is 11.4. The highest BCUT2D eigenvalue weighted by atomic mass is 35.5. The van der Waals surface area contributed by atoms with Crippen molar-refractivity contribution in [3.05, 3.63) is 29.8 Å². The molecule has 0 saturated carbocycles. The van der Waals surface area contributed by atoms with Crippen molar-refractivity contribution in [2.45, 2.75) is 76.0 Å². The summed E-state index contributed by atoms with van der Waals surface area (Å²) in [7, 11) is 1.74. The summed E-state index contributed by atoms with van der Waals surface area (Å²) in [4.78, 5) is 41.9. The van der Waals surface area contributed by atoms with Crippen LogP contribution in [0, 0.1) is 5.41 Å². The van der Waals surface area contributed by atoms with Crippen LogP contribution >= 0.6 is 24.2 Å². The van der Waals surface area contributed by atoms with Crippen molar-refractivity contribution in [2.24, 2.45) is 5.41 Å². The summed E-state index contributed by atoms with van der Waals surface area (Å²) < 4.78 is 5.75. The highest BCUT2D eigenvalue weighted by molar-refractivity contribution is 7.99. The largest absolute Gasteiger partial charge is 0.493 e. The summed E-state index contributed by atoms with van der Waals surface area (Å²) in [6.45, 7) is 6.58. The van der Waals surface area contributed by atoms with Crippen molar-refractivity contribution in [1.29, 1.82) is 0 Å². The molecule has 194 valence electrons. The highest BCUT2D eigenvalue weighted by Gasteiger charge is 2.54. The lowest BCUT2D eigenvalue weighted by Gasteiger charge is -2.36. The topological polar surface area (TPSA) is 99.8 Å². The molecule has 0 aliphatic carbocycles. The van der Waals surface area contributed by atoms with E-state index < -0.39 is 12.1 Å². The minimum Gasteiger partial charge on any atom is -0.493 e. The molecule has 3 N–H and O–H groups in total. The molecule has 10 heteroatoms. The van der Waals surface area contributed by atoms with E-state index in [4.69, 9.17) is 4.74 Å². The number of fused-ring (bicyclic) bond motifs is 2. The van der Waals surface area contributed by atoms with E-state index in [2.05, 4.69) is 29.8 Å². The van der Waals surface area contributed by atoms with Crippen LogP contribution in [0.2, 0.25) is 0 Å². The Morgan fingerprint density at radius 3 is 2.66 bits per heavy atom. The normalized spacial score (nSPS) is 27.9. The number of nitrogens with one attached hydrogen (secondary N) is 3. The van der Waals surface area contributed by atoms with Crippen molar-refractivity contribution in [1.82, 2.24) is 20.9 Å². The maximum atomic E-state index is 13.7. The number of carbonyl (C=O) groups is 3. The van der Waals surface area contributed by atoms with Gasteiger partial charge in [-0.15, -0.1) is 24.2 Å². The molecule has 4 rings (SSSR count). The number of benzene rings is 1. The van der Waals surface area contributed by atoms with Crippen LogP contribution in [0.4, 0.5) is 0 Å². The van der Waals surface area contributed by atoms with Gasteiger partial charge in [-0.2, -0.15) is 0 Å². The van der Waals surface area contributed by atoms with E-state index in [9.17, 15) is 14.4 Å². The molecule has 0 radical (unpaired) electrons. The van der Waals surface area contributed by atoms with E-state index in [1.807, 2.05) is 31.2 Å². The molecule has 1 aromatic rings. The monoisotopic (exact) mass is 524 g/mol. The molecule has 1 unspecified atom stereocenters. The number of hydrogen-bond donors (Lipinski definition) is 3. The van der Waals surface area contributed by atoms with E-state index in [1.54, 1.807) is 23.7 Å². The summed E-state index contributed by atoms with van der Waals surface area (Å²) in [5.41, 5.74) is 0.583. The van der Waals surface area contributed by atoms with E-state index in [-0.39, 0.29) is 53.0 Å². The second-order valence-corrected chi connectivity index (χ2v) is 11.3. The summed E-state index contributed by atoms with van der Waals surface area (Å²) in [5, 5.41) is 9.09. The maximum absolute atomic E-state index is 13.7. The van der Waals surface area contributed by atoms with Crippen molar-refractivity contribution >= 4 is 41.9 Å². The quantitative estimate of drug-likeness (QED) is 0.529. The number of ether oxygens (including phenoxy) is 1. The van der Waals surface area contributed by atoms with E-state index in [1.165, 1.54) is 0 Å². The molecular weight excluding hydrogens is 488 g/mol. The predicted molar refractivity (Wildman–Crippen MR) is 140 cm³/mol. The van der Waals surface area contributed by atoms with Crippen LogP contribution in [0.15, 0.2) is 24.3 Å². The first-order valence-electron chi connectivity index (χ1n) is 12.2. The molecule has 8 nitrogen and oxygen atoms in total. The lowest BCUT2D eigenvalue weighted by atomic mass is 9.83. The van der Waals surface area contributed by atoms with Crippen LogP contribution in [0.1, 0.15) is 58.1 Å². The second-order valence-electron chi connectivity index (χ2n) is 10.0. The summed E-state index contributed by atoms with van der Waals surface area (Å²) >= 11 is 1.71. The van der Waals surface area contributed by atoms with Crippen molar-refractivity contribution in [2.75, 3.05) is 19.4 Å². The molecule has 0 bridgehead atoms. The number of halogens is 1. The average molecular weight is 525 g/mol. The molecular formula is C25H37ClN4O4S. The zero-order chi connectivity index (χ0) is 24.5. The molecule has 0 aromatic heterocycles. The van der Waals surface area contributed by atoms with Crippen LogP contribution in [0.5, 0.6) is 5.75 Å². The first kappa shape index (κ1) is 27.6. The third kappa shape index (κ3) is 5.57. The van der Waals surface area contributed by atoms with E-state index in [0.29, 0.717) is 25.9 Å². The van der Waals surface area contributed by atoms with Gasteiger partial charge in [0.15, 0.2) is 0 Å². The number of para-hydroxylation sites is 1. The Bertz CT molecular complexity index is 942. The van der Waals surface area contributed by atoms with Crippen LogP contribution in [-0.4, -0.2) is 65.5 Å². The molecule has 3 aliphatic heterocycles. The third-order valence-corrected chi connectivity index (χ3v) is 8.46. The lowest BCUT2D eigenvalue weighted by Crippen LogP contribution is -2.58. The van der Waals surface area contributed by atoms with Gasteiger partial charge in [-0.1, -0.05) is 39.0 Å². The van der Waals surface area contributed by atoms with Gasteiger partial charge in [-0.05, 0) is 43.5 Å². The minimum absolute atomic E-state index is 0. The van der Waals surface area contributed by atoms with E-state index >= 15 is 0 Å². The third-order valence-electron chi connectivity index (χ3n) is 7.21. The van der Waals surface area contributed by atoms with E-state index in [0.717, 1.165) is 23.5 Å². The number of likely N-dealkylation sites (N-methyl/N-ethyl adjacent to an activating group) is 1. The summed E-state index contributed by atoms with van der Waals surface area (Å²) in [5.74, 6) is 1.07. The number of carbonyl (C=O) groups excluding carboxylic acids is 3. The first-order valence-corrected chi connectivity index (χ1v) is 13.2. The fourth-order valence-corrected chi connectivity index (χ4v) is 6.96. The molecule has 1 aromatic carbocycles. The van der Waals surface area contributed by atoms with Gasteiger partial charge in [-0.25, -0.2) is 0 Å². The van der Waals surface area contributed by atoms with Crippen molar-refractivity contribution < 1.29 is 19.1 Å². The van der Waals surface area contributed by atoms with Gasteiger partial charge in [0.1, 0.15) is 17.8 Å². The Morgan fingerprint density at radius 2 is 1.94 bits per heavy atom. The minimum atomic E-state index is -0.625. The van der Waals surface area contributed by atoms with Crippen LogP contribution in [0.25, 0.3) is 0 Å². The predicted octanol–water partition coefficient (Wildman–Crippen LogP) is 2.62. The fraction of sp³-hybridized carbons (Fsp3) is 0.640. The molecule has 3 aliphatic rings. The molecule has 2 saturated heterocycles. The number of thioether (sulfide) groups is 1. The van der Waals surface area contributed by atoms with Gasteiger partial charge < -0.3 is 25.6 Å². The van der Waals surface area contributed by atoms with Crippen LogP contribution in [-0.2, 0) is 14.4 Å². The number of hydrogen-bond acceptors (Lipinski definition) is 6. The zero-order valence-corrected chi connectivity index (χ0v) is 22.5. The number of nitrogens with zero attached hydrogens (tertiary/aromatic N) is 1. The Labute approximate surface area is 218 Å². The molecule has 3 heterocycles. The average Bonchev–Trinajstić information content (AvgIpc) is 3.00. The Hall–Kier alpha value is -1.97. The van der Waals surface area contributed by atoms with Crippen LogP contribution < -0.4 is 20.7 Å². The van der Waals surface area contributed by atoms with Gasteiger partial charge in [0.05, 0.1) is 24.1 Å². The Balaban J connectivity index is 0.00000342. The molecule has 0 spiro atoms. The standard InChI is InChI=1S/C25H36N4O4S.ClH/c1-5-16(26-4)22(30)28-18-11-13-34-20-14-25(2,3)21(29(20)24(18)32)23(31)27-17-10-12-33-19-9-7-6-8-15(17)19;/h6-9,16-18,20-21,26H,5,10-14H2,1-4H3,(H,27,31)(H,28,30);1H/t16-,17+,18-,20?,21+;/m0./s1. The smallest absolute Gasteiger partial charge is 0.246 e. The fourth-order valence-electron chi connectivity index (χ4n) is 5.39. The number of amides is 3. The maximum Gasteiger partial charge on any atom is 0.246 e. The molecule has 3 amide bonds. The molecule has 5 atom stereocenters. The van der Waals surface area contributed by atoms with Gasteiger partial charge in [0.2, 0.25) is 17.7 Å². The molecule has 35 heavy (non-hydrogen) atoms. The van der Waals surface area contributed by atoms with Crippen LogP contribution in [0.3, 0.4) is 0 Å². The zero-order valence-electron chi connectivity index (χ0n) is 20.8. The van der Waals surface area contributed by atoms with Gasteiger partial charge >= 0.3 is 0 Å². The molecule has 2 fully saturated rings. The Kier molecular flexibility index (Phi) is 8.99. The van der Waals surface area contributed by atoms with Gasteiger partial charge in [-0.3, -0.25) is 14.4 Å². The lowest BCUT2D eigenvalue weighted by molar-refractivity contribution is -0.144. The SMILES string of the molecule is CC[C@H](NC)C(=O)N[C@H]1CCSC2CC(C)(C)[C@@H](C(=O)N[C@@H]3CCOc4ccccc43)N2C1=O.Cl. The van der Waals surface area contributed by atoms with Crippen molar-refractivity contribution in [3.63, 3.8) is 0 Å². The number of rotatable bonds is 6. The summed E-state index contributed by atoms with van der Waals surface area (Å²) in [6.07, 6.45) is 2.61. The highest BCUT2D eigenvalue weighted by Crippen LogP contribution is 2.46. The van der Waals surface area contributed by atoms with Gasteiger partial charge in [0.25, 0.3) is 0 Å². The summed E-state index contributed by atoms with van der Waals surface area (Å²) in [6, 6.07) is 6.04. The Morgan fingerprint density at radius 1 is 1.20 bits per heavy atom. The van der Waals surface area contributed by atoms with Gasteiger partial charge in [0, 0.05) is 12.0 Å². The van der Waals surface area contributed by atoms with Crippen molar-refractivity contribution in [3.8, 4) is 5.75 Å².